The molecule has 0 aliphatic heterocycles. The van der Waals surface area contributed by atoms with Crippen LogP contribution in [0.15, 0.2) is 53.4 Å². The zero-order valence-electron chi connectivity index (χ0n) is 18.3. The van der Waals surface area contributed by atoms with Crippen LogP contribution in [0.4, 0.5) is 0 Å². The summed E-state index contributed by atoms with van der Waals surface area (Å²) in [6, 6.07) is 12.8. The van der Waals surface area contributed by atoms with Crippen molar-refractivity contribution in [2.24, 2.45) is 0 Å². The Morgan fingerprint density at radius 1 is 1.09 bits per heavy atom. The highest BCUT2D eigenvalue weighted by Gasteiger charge is 2.28. The van der Waals surface area contributed by atoms with E-state index in [2.05, 4.69) is 10.0 Å². The summed E-state index contributed by atoms with van der Waals surface area (Å²) < 4.78 is 34.2. The summed E-state index contributed by atoms with van der Waals surface area (Å²) in [7, 11) is -3.98. The molecule has 3 rings (SSSR count). The first-order chi connectivity index (χ1) is 15.4. The normalized spacial score (nSPS) is 16.2. The fourth-order valence-corrected chi connectivity index (χ4v) is 5.46. The number of sulfonamides is 1. The summed E-state index contributed by atoms with van der Waals surface area (Å²) in [6.07, 6.45) is 6.59. The van der Waals surface area contributed by atoms with Gasteiger partial charge in [-0.2, -0.15) is 4.72 Å². The molecule has 32 heavy (non-hydrogen) atoms. The molecule has 0 saturated heterocycles. The van der Waals surface area contributed by atoms with Gasteiger partial charge >= 0.3 is 0 Å². The minimum absolute atomic E-state index is 0.00807. The molecule has 1 aliphatic rings. The Balaban J connectivity index is 1.80. The van der Waals surface area contributed by atoms with Gasteiger partial charge in [-0.3, -0.25) is 4.79 Å². The molecule has 2 aromatic rings. The van der Waals surface area contributed by atoms with E-state index in [0.29, 0.717) is 12.4 Å². The number of rotatable bonds is 9. The Morgan fingerprint density at radius 2 is 1.78 bits per heavy atom. The molecule has 1 atom stereocenters. The van der Waals surface area contributed by atoms with Crippen LogP contribution in [0.1, 0.15) is 51.0 Å². The van der Waals surface area contributed by atoms with Gasteiger partial charge in [0.05, 0.1) is 16.5 Å². The predicted octanol–water partition coefficient (Wildman–Crippen LogP) is 4.47. The molecule has 1 aliphatic carbocycles. The smallest absolute Gasteiger partial charge is 0.241 e. The summed E-state index contributed by atoms with van der Waals surface area (Å²) in [5.74, 6) is 0.112. The zero-order valence-corrected chi connectivity index (χ0v) is 19.9. The largest absolute Gasteiger partial charge is 0.492 e. The van der Waals surface area contributed by atoms with E-state index in [1.807, 2.05) is 37.3 Å². The van der Waals surface area contributed by atoms with E-state index in [4.69, 9.17) is 16.3 Å². The number of carbonyl (C=O) groups is 1. The lowest BCUT2D eigenvalue weighted by Gasteiger charge is -2.23. The molecule has 2 N–H and O–H groups in total. The number of hydrogen-bond acceptors (Lipinski definition) is 4. The number of hydrogen-bond donors (Lipinski definition) is 2. The number of halogens is 1. The second-order valence-corrected chi connectivity index (χ2v) is 10.2. The molecule has 1 fully saturated rings. The van der Waals surface area contributed by atoms with Crippen molar-refractivity contribution in [3.05, 3.63) is 59.1 Å². The van der Waals surface area contributed by atoms with Crippen molar-refractivity contribution in [3.63, 3.8) is 0 Å². The predicted molar refractivity (Wildman–Crippen MR) is 127 cm³/mol. The third-order valence-electron chi connectivity index (χ3n) is 5.61. The minimum Gasteiger partial charge on any atom is -0.492 e. The van der Waals surface area contributed by atoms with Crippen LogP contribution in [0.2, 0.25) is 5.02 Å². The molecular weight excluding hydrogens is 448 g/mol. The molecule has 0 spiro atoms. The quantitative estimate of drug-likeness (QED) is 0.521. The molecular formula is C24H31ClN2O4S. The monoisotopic (exact) mass is 478 g/mol. The van der Waals surface area contributed by atoms with Gasteiger partial charge < -0.3 is 10.1 Å². The summed E-state index contributed by atoms with van der Waals surface area (Å²) >= 11 is 6.19. The molecule has 0 heterocycles. The van der Waals surface area contributed by atoms with Crippen LogP contribution in [0.25, 0.3) is 0 Å². The van der Waals surface area contributed by atoms with E-state index in [1.54, 1.807) is 0 Å². The first-order valence-corrected chi connectivity index (χ1v) is 13.0. The van der Waals surface area contributed by atoms with E-state index >= 15 is 0 Å². The van der Waals surface area contributed by atoms with E-state index in [0.717, 1.165) is 31.2 Å². The van der Waals surface area contributed by atoms with Crippen molar-refractivity contribution >= 4 is 27.5 Å². The van der Waals surface area contributed by atoms with Crippen LogP contribution in [0, 0.1) is 0 Å². The number of amides is 1. The van der Waals surface area contributed by atoms with Crippen molar-refractivity contribution in [1.29, 1.82) is 0 Å². The Hall–Kier alpha value is -2.09. The van der Waals surface area contributed by atoms with Gasteiger partial charge in [0.25, 0.3) is 0 Å². The zero-order chi connectivity index (χ0) is 23.0. The van der Waals surface area contributed by atoms with Crippen molar-refractivity contribution in [2.45, 2.75) is 68.8 Å². The Morgan fingerprint density at radius 3 is 2.41 bits per heavy atom. The maximum Gasteiger partial charge on any atom is 0.241 e. The van der Waals surface area contributed by atoms with E-state index in [1.165, 1.54) is 31.0 Å². The molecule has 0 bridgehead atoms. The molecule has 1 saturated carbocycles. The topological polar surface area (TPSA) is 84.5 Å². The van der Waals surface area contributed by atoms with Crippen LogP contribution >= 0.6 is 11.6 Å². The Labute approximate surface area is 195 Å². The van der Waals surface area contributed by atoms with Crippen LogP contribution < -0.4 is 14.8 Å². The second-order valence-electron chi connectivity index (χ2n) is 8.09. The van der Waals surface area contributed by atoms with E-state index < -0.39 is 16.1 Å². The second kappa shape index (κ2) is 11.7. The van der Waals surface area contributed by atoms with Gasteiger partial charge in [0.1, 0.15) is 11.8 Å². The Bertz CT molecular complexity index is 990. The first kappa shape index (κ1) is 24.6. The highest BCUT2D eigenvalue weighted by molar-refractivity contribution is 7.89. The maximum atomic E-state index is 13.2. The Kier molecular flexibility index (Phi) is 8.96. The van der Waals surface area contributed by atoms with Crippen molar-refractivity contribution in [3.8, 4) is 5.75 Å². The number of nitrogens with one attached hydrogen (secondary N) is 2. The lowest BCUT2D eigenvalue weighted by Crippen LogP contribution is -2.50. The van der Waals surface area contributed by atoms with Gasteiger partial charge in [-0.25, -0.2) is 8.42 Å². The number of benzene rings is 2. The maximum absolute atomic E-state index is 13.2. The summed E-state index contributed by atoms with van der Waals surface area (Å²) in [5.41, 5.74) is 0.876. The fourth-order valence-electron chi connectivity index (χ4n) is 3.94. The first-order valence-electron chi connectivity index (χ1n) is 11.2. The minimum atomic E-state index is -3.98. The lowest BCUT2D eigenvalue weighted by atomic mass is 10.0. The van der Waals surface area contributed by atoms with Crippen LogP contribution in [-0.2, 0) is 21.2 Å². The molecule has 8 heteroatoms. The summed E-state index contributed by atoms with van der Waals surface area (Å²) in [4.78, 5) is 13.2. The highest BCUT2D eigenvalue weighted by Crippen LogP contribution is 2.27. The van der Waals surface area contributed by atoms with E-state index in [9.17, 15) is 13.2 Å². The molecule has 0 unspecified atom stereocenters. The standard InChI is InChI=1S/C24H31ClN2O4S/c1-2-31-23-15-14-20(17-21(23)25)32(29,30)27-22(16-18-10-6-5-7-11-18)24(28)26-19-12-8-3-4-9-13-19/h5-7,10-11,14-15,17,19,22,27H,2-4,8-9,12-13,16H2,1H3,(H,26,28)/t22-/m0/s1. The van der Waals surface area contributed by atoms with Crippen LogP contribution in [0.5, 0.6) is 5.75 Å². The highest BCUT2D eigenvalue weighted by atomic mass is 35.5. The van der Waals surface area contributed by atoms with Gasteiger partial charge in [-0.15, -0.1) is 0 Å². The summed E-state index contributed by atoms with van der Waals surface area (Å²) in [5, 5.41) is 3.28. The molecule has 0 aromatic heterocycles. The van der Waals surface area contributed by atoms with Gasteiger partial charge in [-0.05, 0) is 49.9 Å². The van der Waals surface area contributed by atoms with Crippen LogP contribution in [-0.4, -0.2) is 33.0 Å². The third-order valence-corrected chi connectivity index (χ3v) is 7.38. The van der Waals surface area contributed by atoms with E-state index in [-0.39, 0.29) is 28.3 Å². The molecule has 1 amide bonds. The molecule has 6 nitrogen and oxygen atoms in total. The lowest BCUT2D eigenvalue weighted by molar-refractivity contribution is -0.123. The van der Waals surface area contributed by atoms with Gasteiger partial charge in [0.2, 0.25) is 15.9 Å². The van der Waals surface area contributed by atoms with Gasteiger partial charge in [0.15, 0.2) is 0 Å². The average molecular weight is 479 g/mol. The van der Waals surface area contributed by atoms with Crippen molar-refractivity contribution < 1.29 is 17.9 Å². The molecule has 174 valence electrons. The number of ether oxygens (including phenoxy) is 1. The van der Waals surface area contributed by atoms with Gasteiger partial charge in [-0.1, -0.05) is 67.6 Å². The SMILES string of the molecule is CCOc1ccc(S(=O)(=O)N[C@@H](Cc2ccccc2)C(=O)NC2CCCCCC2)cc1Cl. The van der Waals surface area contributed by atoms with Crippen molar-refractivity contribution in [2.75, 3.05) is 6.61 Å². The third kappa shape index (κ3) is 6.95. The van der Waals surface area contributed by atoms with Gasteiger partial charge in [0, 0.05) is 6.04 Å². The summed E-state index contributed by atoms with van der Waals surface area (Å²) in [6.45, 7) is 2.24. The number of carbonyl (C=O) groups excluding carboxylic acids is 1. The fraction of sp³-hybridized carbons (Fsp3) is 0.458. The van der Waals surface area contributed by atoms with Crippen LogP contribution in [0.3, 0.4) is 0 Å². The molecule has 2 aromatic carbocycles. The average Bonchev–Trinajstić information content (AvgIpc) is 3.04. The molecule has 0 radical (unpaired) electrons. The van der Waals surface area contributed by atoms with Crippen molar-refractivity contribution in [1.82, 2.24) is 10.0 Å².